The van der Waals surface area contributed by atoms with E-state index in [0.717, 1.165) is 16.7 Å². The minimum absolute atomic E-state index is 0.000637. The highest BCUT2D eigenvalue weighted by Gasteiger charge is 2.31. The van der Waals surface area contributed by atoms with E-state index in [0.29, 0.717) is 0 Å². The zero-order chi connectivity index (χ0) is 22.8. The van der Waals surface area contributed by atoms with Gasteiger partial charge in [0.25, 0.3) is 5.56 Å². The van der Waals surface area contributed by atoms with Crippen LogP contribution in [0.25, 0.3) is 0 Å². The second-order valence-electron chi connectivity index (χ2n) is 6.90. The van der Waals surface area contributed by atoms with Crippen LogP contribution in [0.3, 0.4) is 0 Å². The van der Waals surface area contributed by atoms with Crippen LogP contribution in [-0.4, -0.2) is 39.1 Å². The minimum Gasteiger partial charge on any atom is -0.441 e. The summed E-state index contributed by atoms with van der Waals surface area (Å²) in [4.78, 5) is 29.6. The Morgan fingerprint density at radius 1 is 1.29 bits per heavy atom. The zero-order valence-electron chi connectivity index (χ0n) is 16.6. The van der Waals surface area contributed by atoms with Gasteiger partial charge in [0.05, 0.1) is 11.6 Å². The molecule has 3 N–H and O–H groups in total. The van der Waals surface area contributed by atoms with Crippen LogP contribution in [-0.2, 0) is 20.0 Å². The van der Waals surface area contributed by atoms with Crippen LogP contribution in [0.2, 0.25) is 0 Å². The number of benzene rings is 1. The van der Waals surface area contributed by atoms with E-state index in [-0.39, 0.29) is 55.4 Å². The van der Waals surface area contributed by atoms with Gasteiger partial charge in [-0.25, -0.2) is 4.79 Å². The van der Waals surface area contributed by atoms with Crippen LogP contribution >= 0.6 is 0 Å². The van der Waals surface area contributed by atoms with E-state index in [1.807, 2.05) is 0 Å². The fraction of sp³-hybridized carbons (Fsp3) is 0.421. The number of hydrogen-bond acceptors (Lipinski definition) is 7. The normalized spacial score (nSPS) is 16.3. The first-order chi connectivity index (χ1) is 14.6. The summed E-state index contributed by atoms with van der Waals surface area (Å²) in [6, 6.07) is 4.09. The first kappa shape index (κ1) is 22.6. The average molecular weight is 442 g/mol. The number of ether oxygens (including phenoxy) is 2. The Kier molecular flexibility index (Phi) is 6.51. The summed E-state index contributed by atoms with van der Waals surface area (Å²) in [5.41, 5.74) is 5.23. The molecule has 0 saturated carbocycles. The number of hydrogen-bond donors (Lipinski definition) is 2. The van der Waals surface area contributed by atoms with Crippen LogP contribution < -0.4 is 26.5 Å². The molecule has 0 radical (unpaired) electrons. The molecule has 2 heterocycles. The fourth-order valence-electron chi connectivity index (χ4n) is 3.17. The van der Waals surface area contributed by atoms with Crippen molar-refractivity contribution in [3.05, 3.63) is 50.7 Å². The number of halogens is 3. The lowest BCUT2D eigenvalue weighted by Gasteiger charge is -2.15. The number of aliphatic hydroxyl groups excluding tert-OH is 1. The number of aliphatic imine (C=N–C) groups is 1. The van der Waals surface area contributed by atoms with Gasteiger partial charge in [0, 0.05) is 26.3 Å². The smallest absolute Gasteiger partial charge is 0.441 e. The van der Waals surface area contributed by atoms with Crippen molar-refractivity contribution in [2.75, 3.05) is 6.61 Å². The predicted molar refractivity (Wildman–Crippen MR) is 105 cm³/mol. The molecule has 1 aliphatic rings. The van der Waals surface area contributed by atoms with Gasteiger partial charge in [-0.2, -0.15) is 4.99 Å². The van der Waals surface area contributed by atoms with Crippen LogP contribution in [0.1, 0.15) is 18.4 Å². The van der Waals surface area contributed by atoms with Gasteiger partial charge < -0.3 is 20.3 Å². The van der Waals surface area contributed by atoms with Gasteiger partial charge >= 0.3 is 12.1 Å². The molecular formula is C19H21F3N4O5. The number of nitrogens with zero attached hydrogens (tertiary/aromatic N) is 3. The van der Waals surface area contributed by atoms with E-state index in [1.165, 1.54) is 23.7 Å². The molecule has 0 amide bonds. The molecule has 1 unspecified atom stereocenters. The Labute approximate surface area is 174 Å². The molecule has 0 aliphatic carbocycles. The lowest BCUT2D eigenvalue weighted by Crippen LogP contribution is -2.41. The Balaban J connectivity index is 2.00. The lowest BCUT2D eigenvalue weighted by atomic mass is 10.1. The highest BCUT2D eigenvalue weighted by Crippen LogP contribution is 2.27. The number of nitrogens with two attached hydrogens (primary N) is 1. The quantitative estimate of drug-likeness (QED) is 0.718. The van der Waals surface area contributed by atoms with E-state index in [4.69, 9.17) is 15.6 Å². The summed E-state index contributed by atoms with van der Waals surface area (Å²) in [6.07, 6.45) is -4.14. The predicted octanol–water partition coefficient (Wildman–Crippen LogP) is 1.21. The van der Waals surface area contributed by atoms with Crippen LogP contribution in [0, 0.1) is 0 Å². The molecule has 0 bridgehead atoms. The molecule has 1 aliphatic heterocycles. The second-order valence-corrected chi connectivity index (χ2v) is 6.90. The number of aromatic nitrogens is 2. The second kappa shape index (κ2) is 8.94. The molecule has 31 heavy (non-hydrogen) atoms. The van der Waals surface area contributed by atoms with Crippen molar-refractivity contribution in [2.45, 2.75) is 38.2 Å². The molecule has 2 aromatic rings. The van der Waals surface area contributed by atoms with Crippen LogP contribution in [0.5, 0.6) is 11.5 Å². The Morgan fingerprint density at radius 3 is 2.68 bits per heavy atom. The largest absolute Gasteiger partial charge is 0.573 e. The summed E-state index contributed by atoms with van der Waals surface area (Å²) in [5, 5.41) is 9.00. The van der Waals surface area contributed by atoms with Gasteiger partial charge in [0.15, 0.2) is 0 Å². The zero-order valence-corrected chi connectivity index (χ0v) is 16.6. The Morgan fingerprint density at radius 2 is 2.00 bits per heavy atom. The van der Waals surface area contributed by atoms with Crippen molar-refractivity contribution in [1.29, 1.82) is 0 Å². The summed E-state index contributed by atoms with van der Waals surface area (Å²) in [5.74, 6) is -0.459. The number of alkyl halides is 3. The lowest BCUT2D eigenvalue weighted by molar-refractivity contribution is -0.274. The van der Waals surface area contributed by atoms with Crippen molar-refractivity contribution < 1.29 is 27.8 Å². The molecule has 0 fully saturated rings. The molecule has 0 spiro atoms. The number of aliphatic hydroxyl groups is 1. The molecular weight excluding hydrogens is 421 g/mol. The van der Waals surface area contributed by atoms with E-state index in [2.05, 4.69) is 9.73 Å². The summed E-state index contributed by atoms with van der Waals surface area (Å²) < 4.78 is 49.1. The number of rotatable bonds is 5. The van der Waals surface area contributed by atoms with Crippen molar-refractivity contribution in [3.8, 4) is 11.5 Å². The van der Waals surface area contributed by atoms with Crippen LogP contribution in [0.15, 0.2) is 38.8 Å². The maximum absolute atomic E-state index is 12.8. The van der Waals surface area contributed by atoms with Crippen molar-refractivity contribution in [3.63, 3.8) is 0 Å². The molecule has 1 aromatic carbocycles. The van der Waals surface area contributed by atoms with E-state index >= 15 is 0 Å². The average Bonchev–Trinajstić information content (AvgIpc) is 2.85. The molecule has 3 rings (SSSR count). The maximum atomic E-state index is 12.8. The standard InChI is InChI=1S/C19H21F3N4O5/c1-25-15-13(17(28)26(18(25)29)8-3-9-27)6-7-14(23)16(24-15)30-11-4-2-5-12(10-11)31-19(20,21)22/h2,4-5,10,14,27H,3,6-9,23H2,1H3. The third kappa shape index (κ3) is 5.14. The molecule has 12 heteroatoms. The third-order valence-corrected chi connectivity index (χ3v) is 4.65. The first-order valence-corrected chi connectivity index (χ1v) is 9.42. The minimum atomic E-state index is -4.86. The van der Waals surface area contributed by atoms with Crippen molar-refractivity contribution in [1.82, 2.24) is 9.13 Å². The summed E-state index contributed by atoms with van der Waals surface area (Å²) in [7, 11) is 1.44. The Bertz CT molecular complexity index is 1110. The van der Waals surface area contributed by atoms with E-state index in [1.54, 1.807) is 0 Å². The highest BCUT2D eigenvalue weighted by atomic mass is 19.4. The maximum Gasteiger partial charge on any atom is 0.573 e. The number of fused-ring (bicyclic) bond motifs is 1. The Hall–Kier alpha value is -3.12. The van der Waals surface area contributed by atoms with Gasteiger partial charge in [-0.05, 0) is 31.4 Å². The van der Waals surface area contributed by atoms with Gasteiger partial charge in [0.1, 0.15) is 17.3 Å². The molecule has 168 valence electrons. The van der Waals surface area contributed by atoms with Crippen LogP contribution in [0.4, 0.5) is 19.0 Å². The molecule has 1 aromatic heterocycles. The van der Waals surface area contributed by atoms with Gasteiger partial charge in [0.2, 0.25) is 5.90 Å². The monoisotopic (exact) mass is 442 g/mol. The van der Waals surface area contributed by atoms with Gasteiger partial charge in [-0.15, -0.1) is 13.2 Å². The summed E-state index contributed by atoms with van der Waals surface area (Å²) in [6.45, 7) is -0.120. The summed E-state index contributed by atoms with van der Waals surface area (Å²) >= 11 is 0. The van der Waals surface area contributed by atoms with Crippen molar-refractivity contribution in [2.24, 2.45) is 17.8 Å². The van der Waals surface area contributed by atoms with Crippen molar-refractivity contribution >= 4 is 11.7 Å². The first-order valence-electron chi connectivity index (χ1n) is 9.42. The molecule has 0 saturated heterocycles. The van der Waals surface area contributed by atoms with E-state index < -0.39 is 29.4 Å². The molecule has 9 nitrogen and oxygen atoms in total. The topological polar surface area (TPSA) is 121 Å². The molecule has 1 atom stereocenters. The SMILES string of the molecule is Cn1c2c(c(=O)n(CCCO)c1=O)CCC(N)C(Oc1cccc(OC(F)(F)F)c1)=N2. The fourth-order valence-corrected chi connectivity index (χ4v) is 3.17. The third-order valence-electron chi connectivity index (χ3n) is 4.65. The van der Waals surface area contributed by atoms with Gasteiger partial charge in [-0.3, -0.25) is 13.9 Å². The van der Waals surface area contributed by atoms with Gasteiger partial charge in [-0.1, -0.05) is 6.07 Å². The van der Waals surface area contributed by atoms with E-state index in [9.17, 15) is 22.8 Å². The highest BCUT2D eigenvalue weighted by molar-refractivity contribution is 5.86.